The first-order chi connectivity index (χ1) is 7.38. The van der Waals surface area contributed by atoms with Crippen LogP contribution in [-0.2, 0) is 6.42 Å². The summed E-state index contributed by atoms with van der Waals surface area (Å²) in [5.41, 5.74) is 0. The van der Waals surface area contributed by atoms with Crippen LogP contribution in [0.1, 0.15) is 31.5 Å². The predicted molar refractivity (Wildman–Crippen MR) is 59.9 cm³/mol. The second-order valence-electron chi connectivity index (χ2n) is 3.99. The number of aliphatic hydroxyl groups excluding tert-OH is 1. The van der Waals surface area contributed by atoms with Gasteiger partial charge in [-0.1, -0.05) is 37.4 Å². The van der Waals surface area contributed by atoms with E-state index < -0.39 is 0 Å². The van der Waals surface area contributed by atoms with Gasteiger partial charge in [-0.3, -0.25) is 5.10 Å². The molecule has 1 aliphatic carbocycles. The molecule has 0 unspecified atom stereocenters. The summed E-state index contributed by atoms with van der Waals surface area (Å²) in [6.45, 7) is 0.178. The molecule has 0 aliphatic heterocycles. The number of aromatic amines is 1. The van der Waals surface area contributed by atoms with Gasteiger partial charge in [0.25, 0.3) is 0 Å². The Morgan fingerprint density at radius 3 is 2.93 bits per heavy atom. The maximum Gasteiger partial charge on any atom is 0.208 e. The molecule has 0 radical (unpaired) electrons. The molecular formula is C10H17N3OS. The summed E-state index contributed by atoms with van der Waals surface area (Å²) >= 11 is 1.50. The highest BCUT2D eigenvalue weighted by atomic mass is 32.2. The first-order valence-corrected chi connectivity index (χ1v) is 6.52. The van der Waals surface area contributed by atoms with Crippen molar-refractivity contribution in [3.8, 4) is 0 Å². The van der Waals surface area contributed by atoms with Gasteiger partial charge >= 0.3 is 0 Å². The van der Waals surface area contributed by atoms with Gasteiger partial charge in [-0.25, -0.2) is 4.98 Å². The largest absolute Gasteiger partial charge is 0.396 e. The third kappa shape index (κ3) is 3.21. The molecular weight excluding hydrogens is 210 g/mol. The van der Waals surface area contributed by atoms with E-state index in [1.807, 2.05) is 0 Å². The quantitative estimate of drug-likeness (QED) is 0.750. The first-order valence-electron chi connectivity index (χ1n) is 5.53. The highest BCUT2D eigenvalue weighted by Gasteiger charge is 2.17. The van der Waals surface area contributed by atoms with E-state index >= 15 is 0 Å². The molecule has 1 fully saturated rings. The molecule has 1 saturated carbocycles. The van der Waals surface area contributed by atoms with Gasteiger partial charge in [0.05, 0.1) is 6.61 Å². The highest BCUT2D eigenvalue weighted by molar-refractivity contribution is 7.99. The van der Waals surface area contributed by atoms with E-state index in [4.69, 9.17) is 5.11 Å². The van der Waals surface area contributed by atoms with E-state index in [-0.39, 0.29) is 6.61 Å². The predicted octanol–water partition coefficient (Wildman–Crippen LogP) is 1.62. The molecule has 1 aliphatic rings. The van der Waals surface area contributed by atoms with Gasteiger partial charge < -0.3 is 5.11 Å². The minimum Gasteiger partial charge on any atom is -0.396 e. The number of H-pyrrole nitrogens is 1. The van der Waals surface area contributed by atoms with Crippen molar-refractivity contribution < 1.29 is 5.11 Å². The van der Waals surface area contributed by atoms with Gasteiger partial charge in [0.1, 0.15) is 5.82 Å². The fourth-order valence-electron chi connectivity index (χ4n) is 2.06. The highest BCUT2D eigenvalue weighted by Crippen LogP contribution is 2.27. The second-order valence-corrected chi connectivity index (χ2v) is 5.05. The SMILES string of the molecule is OCCSc1n[nH]c(CC2CCCC2)n1. The summed E-state index contributed by atoms with van der Waals surface area (Å²) in [4.78, 5) is 4.40. The van der Waals surface area contributed by atoms with Crippen LogP contribution in [-0.4, -0.2) is 32.6 Å². The van der Waals surface area contributed by atoms with Crippen molar-refractivity contribution in [3.05, 3.63) is 5.82 Å². The average Bonchev–Trinajstić information content (AvgIpc) is 2.87. The lowest BCUT2D eigenvalue weighted by molar-refractivity contribution is 0.322. The Hall–Kier alpha value is -0.550. The average molecular weight is 227 g/mol. The van der Waals surface area contributed by atoms with Crippen LogP contribution in [0.25, 0.3) is 0 Å². The molecule has 4 nitrogen and oxygen atoms in total. The summed E-state index contributed by atoms with van der Waals surface area (Å²) in [7, 11) is 0. The van der Waals surface area contributed by atoms with Crippen molar-refractivity contribution in [3.63, 3.8) is 0 Å². The van der Waals surface area contributed by atoms with E-state index in [2.05, 4.69) is 15.2 Å². The third-order valence-electron chi connectivity index (χ3n) is 2.79. The lowest BCUT2D eigenvalue weighted by atomic mass is 10.0. The van der Waals surface area contributed by atoms with Crippen molar-refractivity contribution in [2.24, 2.45) is 5.92 Å². The van der Waals surface area contributed by atoms with Gasteiger partial charge in [0.15, 0.2) is 0 Å². The van der Waals surface area contributed by atoms with Gasteiger partial charge in [-0.2, -0.15) is 0 Å². The molecule has 15 heavy (non-hydrogen) atoms. The molecule has 0 spiro atoms. The Labute approximate surface area is 93.9 Å². The van der Waals surface area contributed by atoms with Crippen LogP contribution in [0.5, 0.6) is 0 Å². The molecule has 2 N–H and O–H groups in total. The van der Waals surface area contributed by atoms with Crippen LogP contribution >= 0.6 is 11.8 Å². The minimum atomic E-state index is 0.178. The molecule has 84 valence electrons. The Kier molecular flexibility index (Phi) is 4.02. The van der Waals surface area contributed by atoms with Crippen LogP contribution in [0.15, 0.2) is 5.16 Å². The van der Waals surface area contributed by atoms with Gasteiger partial charge in [0.2, 0.25) is 5.16 Å². The first kappa shape index (κ1) is 11.0. The molecule has 0 aromatic carbocycles. The fraction of sp³-hybridized carbons (Fsp3) is 0.800. The monoisotopic (exact) mass is 227 g/mol. The molecule has 0 atom stereocenters. The molecule has 2 rings (SSSR count). The Morgan fingerprint density at radius 2 is 2.20 bits per heavy atom. The van der Waals surface area contributed by atoms with Crippen LogP contribution in [0.2, 0.25) is 0 Å². The van der Waals surface area contributed by atoms with Crippen molar-refractivity contribution in [1.29, 1.82) is 0 Å². The molecule has 1 aromatic heterocycles. The maximum atomic E-state index is 8.68. The third-order valence-corrected chi connectivity index (χ3v) is 3.62. The second kappa shape index (κ2) is 5.51. The molecule has 5 heteroatoms. The standard InChI is InChI=1S/C10H17N3OS/c14-5-6-15-10-11-9(12-13-10)7-8-3-1-2-4-8/h8,14H,1-7H2,(H,11,12,13). The zero-order valence-electron chi connectivity index (χ0n) is 8.78. The van der Waals surface area contributed by atoms with Crippen molar-refractivity contribution in [2.75, 3.05) is 12.4 Å². The number of rotatable bonds is 5. The van der Waals surface area contributed by atoms with Crippen LogP contribution in [0, 0.1) is 5.92 Å². The summed E-state index contributed by atoms with van der Waals surface area (Å²) in [5, 5.41) is 16.5. The maximum absolute atomic E-state index is 8.68. The number of thioether (sulfide) groups is 1. The van der Waals surface area contributed by atoms with Crippen molar-refractivity contribution in [2.45, 2.75) is 37.3 Å². The number of nitrogens with zero attached hydrogens (tertiary/aromatic N) is 2. The van der Waals surface area contributed by atoms with E-state index in [1.54, 1.807) is 0 Å². The zero-order valence-corrected chi connectivity index (χ0v) is 9.59. The van der Waals surface area contributed by atoms with Gasteiger partial charge in [-0.15, -0.1) is 5.10 Å². The van der Waals surface area contributed by atoms with E-state index in [0.29, 0.717) is 5.75 Å². The lowest BCUT2D eigenvalue weighted by Gasteiger charge is -2.03. The van der Waals surface area contributed by atoms with Gasteiger partial charge in [0, 0.05) is 12.2 Å². The smallest absolute Gasteiger partial charge is 0.208 e. The number of aromatic nitrogens is 3. The number of hydrogen-bond acceptors (Lipinski definition) is 4. The molecule has 1 aromatic rings. The molecule has 0 saturated heterocycles. The molecule has 1 heterocycles. The van der Waals surface area contributed by atoms with Crippen LogP contribution < -0.4 is 0 Å². The Bertz CT molecular complexity index is 297. The normalized spacial score (nSPS) is 17.4. The topological polar surface area (TPSA) is 61.8 Å². The number of nitrogens with one attached hydrogen (secondary N) is 1. The van der Waals surface area contributed by atoms with Crippen molar-refractivity contribution >= 4 is 11.8 Å². The van der Waals surface area contributed by atoms with Crippen LogP contribution in [0.3, 0.4) is 0 Å². The van der Waals surface area contributed by atoms with Crippen molar-refractivity contribution in [1.82, 2.24) is 15.2 Å². The summed E-state index contributed by atoms with van der Waals surface area (Å²) in [6.07, 6.45) is 6.43. The number of hydrogen-bond donors (Lipinski definition) is 2. The van der Waals surface area contributed by atoms with E-state index in [9.17, 15) is 0 Å². The summed E-state index contributed by atoms with van der Waals surface area (Å²) in [6, 6.07) is 0. The van der Waals surface area contributed by atoms with E-state index in [0.717, 1.165) is 23.3 Å². The van der Waals surface area contributed by atoms with Crippen LogP contribution in [0.4, 0.5) is 0 Å². The lowest BCUT2D eigenvalue weighted by Crippen LogP contribution is -2.00. The van der Waals surface area contributed by atoms with E-state index in [1.165, 1.54) is 37.4 Å². The Morgan fingerprint density at radius 1 is 1.40 bits per heavy atom. The molecule has 0 bridgehead atoms. The summed E-state index contributed by atoms with van der Waals surface area (Å²) < 4.78 is 0. The minimum absolute atomic E-state index is 0.178. The fourth-order valence-corrected chi connectivity index (χ4v) is 2.62. The number of aliphatic hydroxyl groups is 1. The zero-order chi connectivity index (χ0) is 10.5. The summed E-state index contributed by atoms with van der Waals surface area (Å²) in [5.74, 6) is 2.47. The molecule has 0 amide bonds. The van der Waals surface area contributed by atoms with Gasteiger partial charge in [-0.05, 0) is 5.92 Å². The Balaban J connectivity index is 1.83.